The van der Waals surface area contributed by atoms with E-state index in [2.05, 4.69) is 0 Å². The highest BCUT2D eigenvalue weighted by molar-refractivity contribution is 5.74. The summed E-state index contributed by atoms with van der Waals surface area (Å²) < 4.78 is 24.9. The molecule has 172 valence electrons. The zero-order valence-electron chi connectivity index (χ0n) is 14.3. The van der Waals surface area contributed by atoms with Crippen molar-refractivity contribution in [2.24, 2.45) is 0 Å². The lowest BCUT2D eigenvalue weighted by Crippen LogP contribution is -2.65. The molecule has 10 atom stereocenters. The highest BCUT2D eigenvalue weighted by Gasteiger charge is 2.54. The summed E-state index contributed by atoms with van der Waals surface area (Å²) in [7, 11) is 2.22. The molecule has 2 rings (SSSR count). The molecule has 0 spiro atoms. The predicted octanol–water partition coefficient (Wildman–Crippen LogP) is -2.63. The van der Waals surface area contributed by atoms with Gasteiger partial charge in [0.15, 0.2) is 24.8 Å². The van der Waals surface area contributed by atoms with Gasteiger partial charge < -0.3 is 54.3 Å². The summed E-state index contributed by atoms with van der Waals surface area (Å²) in [6.07, 6.45) is -17.3. The van der Waals surface area contributed by atoms with Gasteiger partial charge in [0, 0.05) is 14.2 Å². The summed E-state index contributed by atoms with van der Waals surface area (Å²) in [4.78, 5) is 22.7. The maximum Gasteiger partial charge on any atom is 0.335 e. The molecule has 6 N–H and O–H groups in total. The molecule has 2 saturated heterocycles. The van der Waals surface area contributed by atoms with E-state index in [1.807, 2.05) is 0 Å². The third-order valence-electron chi connectivity index (χ3n) is 4.37. The van der Waals surface area contributed by atoms with Gasteiger partial charge in [-0.3, -0.25) is 0 Å². The molecule has 0 aromatic rings. The van der Waals surface area contributed by atoms with Gasteiger partial charge in [-0.05, 0) is 0 Å². The normalized spacial score (nSPS) is 42.3. The van der Waals surface area contributed by atoms with Gasteiger partial charge in [-0.2, -0.15) is 0 Å². The SMILES string of the molecule is C.C.CO[C@@H]1OC(C(=O)O)[C@@H](O[C@@H]2OC(C(=O)O)[C@H](OC)[C@@H](O)C2O)[C@@H](O)C1O. The fraction of sp³-hybridized carbons (Fsp3) is 0.875. The fourth-order valence-electron chi connectivity index (χ4n) is 2.95. The molecular weight excluding hydrogens is 400 g/mol. The van der Waals surface area contributed by atoms with Gasteiger partial charge in [0.05, 0.1) is 0 Å². The van der Waals surface area contributed by atoms with Gasteiger partial charge in [0.2, 0.25) is 0 Å². The fourth-order valence-corrected chi connectivity index (χ4v) is 2.95. The quantitative estimate of drug-likeness (QED) is 0.256. The first-order valence-electron chi connectivity index (χ1n) is 7.83. The van der Waals surface area contributed by atoms with Crippen LogP contribution in [-0.2, 0) is 33.3 Å². The Balaban J connectivity index is 0.00000392. The van der Waals surface area contributed by atoms with Crippen LogP contribution < -0.4 is 0 Å². The van der Waals surface area contributed by atoms with Crippen LogP contribution in [0.1, 0.15) is 14.9 Å². The number of carbonyl (C=O) groups is 2. The first-order valence-corrected chi connectivity index (χ1v) is 7.83. The Morgan fingerprint density at radius 1 is 0.690 bits per heavy atom. The van der Waals surface area contributed by atoms with Crippen LogP contribution in [0, 0.1) is 0 Å². The lowest BCUT2D eigenvalue weighted by molar-refractivity contribution is -0.349. The number of ether oxygens (including phenoxy) is 5. The van der Waals surface area contributed by atoms with Crippen molar-refractivity contribution in [3.8, 4) is 0 Å². The molecule has 0 bridgehead atoms. The number of carboxylic acid groups (broad SMARTS) is 2. The number of carboxylic acids is 2. The third-order valence-corrected chi connectivity index (χ3v) is 4.37. The number of hydrogen-bond acceptors (Lipinski definition) is 11. The molecule has 0 amide bonds. The molecule has 2 aliphatic rings. The summed E-state index contributed by atoms with van der Waals surface area (Å²) in [5.41, 5.74) is 0. The minimum atomic E-state index is -1.86. The van der Waals surface area contributed by atoms with Crippen LogP contribution in [0.15, 0.2) is 0 Å². The minimum Gasteiger partial charge on any atom is -0.479 e. The summed E-state index contributed by atoms with van der Waals surface area (Å²) in [6, 6.07) is 0. The smallest absolute Gasteiger partial charge is 0.335 e. The van der Waals surface area contributed by atoms with E-state index in [1.54, 1.807) is 0 Å². The van der Waals surface area contributed by atoms with E-state index in [9.17, 15) is 40.2 Å². The Hall–Kier alpha value is -1.42. The first-order chi connectivity index (χ1) is 12.6. The number of aliphatic hydroxyl groups excluding tert-OH is 4. The number of hydrogen-bond donors (Lipinski definition) is 6. The largest absolute Gasteiger partial charge is 0.479 e. The summed E-state index contributed by atoms with van der Waals surface area (Å²) in [6.45, 7) is 0. The summed E-state index contributed by atoms with van der Waals surface area (Å²) in [5, 5.41) is 58.7. The molecule has 0 aromatic heterocycles. The standard InChI is InChI=1S/C14H22O13.2CH4/c1-23-7-3(15)6(18)14(27-9(7)11(19)20)25-8-4(16)5(17)13(24-2)26-10(8)12(21)22;;/h3-10,13-18H,1-2H3,(H,19,20)(H,21,22);2*1H4/t3-,4-,5?,6?,7+,8-,9?,10?,13+,14+;;/m0../s1. The highest BCUT2D eigenvalue weighted by atomic mass is 16.7. The van der Waals surface area contributed by atoms with E-state index in [4.69, 9.17) is 23.7 Å². The molecule has 2 fully saturated rings. The van der Waals surface area contributed by atoms with Gasteiger partial charge in [-0.1, -0.05) is 14.9 Å². The number of aliphatic carboxylic acids is 2. The van der Waals surface area contributed by atoms with Crippen molar-refractivity contribution in [1.82, 2.24) is 0 Å². The van der Waals surface area contributed by atoms with Crippen LogP contribution >= 0.6 is 0 Å². The van der Waals surface area contributed by atoms with Crippen LogP contribution in [0.25, 0.3) is 0 Å². The Morgan fingerprint density at radius 3 is 1.55 bits per heavy atom. The minimum absolute atomic E-state index is 0. The van der Waals surface area contributed by atoms with Crippen LogP contribution in [-0.4, -0.2) is 118 Å². The second kappa shape index (κ2) is 11.1. The second-order valence-electron chi connectivity index (χ2n) is 6.03. The van der Waals surface area contributed by atoms with Crippen LogP contribution in [0.3, 0.4) is 0 Å². The van der Waals surface area contributed by atoms with E-state index < -0.39 is 73.4 Å². The maximum absolute atomic E-state index is 11.4. The van der Waals surface area contributed by atoms with E-state index in [1.165, 1.54) is 0 Å². The Morgan fingerprint density at radius 2 is 1.10 bits per heavy atom. The molecular formula is C16H30O13. The second-order valence-corrected chi connectivity index (χ2v) is 6.03. The molecule has 0 aliphatic carbocycles. The lowest BCUT2D eigenvalue weighted by atomic mass is 9.96. The van der Waals surface area contributed by atoms with Crippen molar-refractivity contribution in [3.05, 3.63) is 0 Å². The molecule has 0 radical (unpaired) electrons. The van der Waals surface area contributed by atoms with E-state index in [-0.39, 0.29) is 14.9 Å². The molecule has 0 aromatic carbocycles. The lowest BCUT2D eigenvalue weighted by Gasteiger charge is -2.45. The van der Waals surface area contributed by atoms with Gasteiger partial charge in [-0.25, -0.2) is 9.59 Å². The van der Waals surface area contributed by atoms with E-state index >= 15 is 0 Å². The first kappa shape index (κ1) is 27.6. The van der Waals surface area contributed by atoms with Crippen LogP contribution in [0.5, 0.6) is 0 Å². The zero-order valence-corrected chi connectivity index (χ0v) is 14.3. The zero-order chi connectivity index (χ0) is 20.5. The number of rotatable bonds is 6. The van der Waals surface area contributed by atoms with Gasteiger partial charge >= 0.3 is 11.9 Å². The van der Waals surface area contributed by atoms with Gasteiger partial charge in [-0.15, -0.1) is 0 Å². The molecule has 0 saturated carbocycles. The average Bonchev–Trinajstić information content (AvgIpc) is 2.62. The molecule has 4 unspecified atom stereocenters. The summed E-state index contributed by atoms with van der Waals surface area (Å²) in [5.74, 6) is -3.11. The molecule has 29 heavy (non-hydrogen) atoms. The molecule has 2 aliphatic heterocycles. The van der Waals surface area contributed by atoms with Crippen molar-refractivity contribution in [2.45, 2.75) is 76.3 Å². The predicted molar refractivity (Wildman–Crippen MR) is 92.8 cm³/mol. The van der Waals surface area contributed by atoms with E-state index in [0.29, 0.717) is 0 Å². The Bertz CT molecular complexity index is 543. The topological polar surface area (TPSA) is 202 Å². The monoisotopic (exact) mass is 430 g/mol. The highest BCUT2D eigenvalue weighted by Crippen LogP contribution is 2.30. The Kier molecular flexibility index (Phi) is 10.6. The van der Waals surface area contributed by atoms with Gasteiger partial charge in [0.25, 0.3) is 0 Å². The summed E-state index contributed by atoms with van der Waals surface area (Å²) >= 11 is 0. The van der Waals surface area contributed by atoms with Crippen molar-refractivity contribution < 1.29 is 63.9 Å². The Labute approximate surface area is 167 Å². The van der Waals surface area contributed by atoms with Crippen LogP contribution in [0.4, 0.5) is 0 Å². The van der Waals surface area contributed by atoms with Crippen molar-refractivity contribution >= 4 is 11.9 Å². The number of aliphatic hydroxyl groups is 4. The number of methoxy groups -OCH3 is 2. The van der Waals surface area contributed by atoms with Gasteiger partial charge in [0.1, 0.15) is 36.6 Å². The van der Waals surface area contributed by atoms with Crippen molar-refractivity contribution in [1.29, 1.82) is 0 Å². The molecule has 2 heterocycles. The molecule has 13 nitrogen and oxygen atoms in total. The van der Waals surface area contributed by atoms with Crippen molar-refractivity contribution in [3.63, 3.8) is 0 Å². The van der Waals surface area contributed by atoms with Crippen LogP contribution in [0.2, 0.25) is 0 Å². The molecule has 13 heteroatoms. The van der Waals surface area contributed by atoms with Crippen molar-refractivity contribution in [2.75, 3.05) is 14.2 Å². The third kappa shape index (κ3) is 5.39. The van der Waals surface area contributed by atoms with E-state index in [0.717, 1.165) is 14.2 Å². The average molecular weight is 430 g/mol. The maximum atomic E-state index is 11.4.